The molecule has 1 fully saturated rings. The molecule has 1 atom stereocenters. The molecular formula is C12H18N4O3. The van der Waals surface area contributed by atoms with Crippen LogP contribution in [0.15, 0.2) is 12.1 Å². The number of ether oxygens (including phenoxy) is 1. The highest BCUT2D eigenvalue weighted by Gasteiger charge is 2.32. The second-order valence-electron chi connectivity index (χ2n) is 4.84. The van der Waals surface area contributed by atoms with Crippen LogP contribution < -0.4 is 10.6 Å². The lowest BCUT2D eigenvalue weighted by Gasteiger charge is -2.24. The van der Waals surface area contributed by atoms with Crippen LogP contribution in [0.5, 0.6) is 0 Å². The summed E-state index contributed by atoms with van der Waals surface area (Å²) in [6.45, 7) is 5.82. The van der Waals surface area contributed by atoms with E-state index in [1.54, 1.807) is 6.07 Å². The molecule has 1 saturated heterocycles. The molecule has 0 aliphatic carbocycles. The summed E-state index contributed by atoms with van der Waals surface area (Å²) in [5, 5.41) is 17.2. The molecule has 7 nitrogen and oxygen atoms in total. The van der Waals surface area contributed by atoms with E-state index in [2.05, 4.69) is 15.6 Å². The van der Waals surface area contributed by atoms with Gasteiger partial charge in [-0.2, -0.15) is 0 Å². The molecule has 2 N–H and O–H groups in total. The standard InChI is InChI=1S/C12H18N4O3/c1-3-13-10-5-4-9(16(17)18)11(14-10)15-12(2)6-7-19-8-12/h4-5H,3,6-8H2,1-2H3,(H2,13,14,15). The van der Waals surface area contributed by atoms with Crippen molar-refractivity contribution in [2.45, 2.75) is 25.8 Å². The highest BCUT2D eigenvalue weighted by Crippen LogP contribution is 2.29. The predicted octanol–water partition coefficient (Wildman–Crippen LogP) is 2.01. The Morgan fingerprint density at radius 2 is 2.37 bits per heavy atom. The summed E-state index contributed by atoms with van der Waals surface area (Å²) >= 11 is 0. The summed E-state index contributed by atoms with van der Waals surface area (Å²) in [5.74, 6) is 0.912. The first-order valence-electron chi connectivity index (χ1n) is 6.29. The van der Waals surface area contributed by atoms with Gasteiger partial charge < -0.3 is 15.4 Å². The van der Waals surface area contributed by atoms with Crippen molar-refractivity contribution in [3.05, 3.63) is 22.2 Å². The minimum absolute atomic E-state index is 0.0187. The molecule has 0 spiro atoms. The van der Waals surface area contributed by atoms with Gasteiger partial charge in [0.05, 0.1) is 17.1 Å². The van der Waals surface area contributed by atoms with Crippen LogP contribution in [0.4, 0.5) is 17.3 Å². The lowest BCUT2D eigenvalue weighted by molar-refractivity contribution is -0.384. The summed E-state index contributed by atoms with van der Waals surface area (Å²) in [6, 6.07) is 3.08. The molecule has 0 bridgehead atoms. The van der Waals surface area contributed by atoms with Crippen LogP contribution >= 0.6 is 0 Å². The van der Waals surface area contributed by atoms with Crippen LogP contribution in [0.1, 0.15) is 20.3 Å². The Kier molecular flexibility index (Phi) is 3.84. The van der Waals surface area contributed by atoms with Crippen LogP contribution in [0.25, 0.3) is 0 Å². The maximum atomic E-state index is 11.0. The molecule has 0 radical (unpaired) electrons. The van der Waals surface area contributed by atoms with Crippen molar-refractivity contribution in [3.8, 4) is 0 Å². The minimum Gasteiger partial charge on any atom is -0.379 e. The van der Waals surface area contributed by atoms with E-state index in [-0.39, 0.29) is 17.0 Å². The van der Waals surface area contributed by atoms with Gasteiger partial charge in [-0.25, -0.2) is 4.98 Å². The van der Waals surface area contributed by atoms with Gasteiger partial charge in [-0.15, -0.1) is 0 Å². The van der Waals surface area contributed by atoms with Gasteiger partial charge >= 0.3 is 5.69 Å². The maximum absolute atomic E-state index is 11.0. The lowest BCUT2D eigenvalue weighted by Crippen LogP contribution is -2.35. The van der Waals surface area contributed by atoms with Crippen LogP contribution in [0.2, 0.25) is 0 Å². The normalized spacial score (nSPS) is 22.2. The van der Waals surface area contributed by atoms with Gasteiger partial charge in [0.2, 0.25) is 5.82 Å². The van der Waals surface area contributed by atoms with E-state index in [0.717, 1.165) is 6.42 Å². The van der Waals surface area contributed by atoms with E-state index in [4.69, 9.17) is 4.74 Å². The fraction of sp³-hybridized carbons (Fsp3) is 0.583. The Balaban J connectivity index is 2.29. The fourth-order valence-corrected chi connectivity index (χ4v) is 2.02. The molecule has 1 aromatic heterocycles. The van der Waals surface area contributed by atoms with Gasteiger partial charge in [0.15, 0.2) is 0 Å². The van der Waals surface area contributed by atoms with E-state index in [9.17, 15) is 10.1 Å². The van der Waals surface area contributed by atoms with Crippen molar-refractivity contribution in [3.63, 3.8) is 0 Å². The number of anilines is 2. The zero-order valence-electron chi connectivity index (χ0n) is 11.1. The van der Waals surface area contributed by atoms with Crippen molar-refractivity contribution in [2.75, 3.05) is 30.4 Å². The lowest BCUT2D eigenvalue weighted by atomic mass is 10.0. The van der Waals surface area contributed by atoms with Crippen LogP contribution in [-0.2, 0) is 4.74 Å². The molecule has 1 aliphatic rings. The zero-order chi connectivity index (χ0) is 13.9. The Hall–Kier alpha value is -1.89. The molecule has 2 heterocycles. The first-order chi connectivity index (χ1) is 9.04. The van der Waals surface area contributed by atoms with Gasteiger partial charge in [-0.3, -0.25) is 10.1 Å². The number of nitrogens with zero attached hydrogens (tertiary/aromatic N) is 2. The number of nitrogens with one attached hydrogen (secondary N) is 2. The smallest absolute Gasteiger partial charge is 0.311 e. The number of pyridine rings is 1. The summed E-state index contributed by atoms with van der Waals surface area (Å²) in [4.78, 5) is 14.9. The third-order valence-corrected chi connectivity index (χ3v) is 3.07. The average Bonchev–Trinajstić information content (AvgIpc) is 2.76. The van der Waals surface area contributed by atoms with E-state index in [0.29, 0.717) is 25.6 Å². The van der Waals surface area contributed by atoms with E-state index in [1.165, 1.54) is 6.07 Å². The Labute approximate surface area is 111 Å². The molecule has 104 valence electrons. The topological polar surface area (TPSA) is 89.3 Å². The number of rotatable bonds is 5. The van der Waals surface area contributed by atoms with Crippen molar-refractivity contribution in [1.82, 2.24) is 4.98 Å². The van der Waals surface area contributed by atoms with Crippen molar-refractivity contribution in [1.29, 1.82) is 0 Å². The number of nitro groups is 1. The largest absolute Gasteiger partial charge is 0.379 e. The first-order valence-corrected chi connectivity index (χ1v) is 6.29. The second kappa shape index (κ2) is 5.40. The molecule has 7 heteroatoms. The number of hydrogen-bond acceptors (Lipinski definition) is 6. The van der Waals surface area contributed by atoms with E-state index >= 15 is 0 Å². The third-order valence-electron chi connectivity index (χ3n) is 3.07. The minimum atomic E-state index is -0.426. The van der Waals surface area contributed by atoms with Gasteiger partial charge in [0.25, 0.3) is 0 Å². The molecular weight excluding hydrogens is 248 g/mol. The quantitative estimate of drug-likeness (QED) is 0.626. The Morgan fingerprint density at radius 1 is 1.58 bits per heavy atom. The highest BCUT2D eigenvalue weighted by molar-refractivity contribution is 5.61. The first kappa shape index (κ1) is 13.5. The molecule has 1 aliphatic heterocycles. The van der Waals surface area contributed by atoms with Crippen molar-refractivity contribution in [2.24, 2.45) is 0 Å². The zero-order valence-corrected chi connectivity index (χ0v) is 11.1. The SMILES string of the molecule is CCNc1ccc([N+](=O)[O-])c(NC2(C)CCOC2)n1. The van der Waals surface area contributed by atoms with Gasteiger partial charge in [0, 0.05) is 19.2 Å². The van der Waals surface area contributed by atoms with Gasteiger partial charge in [-0.05, 0) is 26.3 Å². The fourth-order valence-electron chi connectivity index (χ4n) is 2.02. The molecule has 0 saturated carbocycles. The molecule has 2 rings (SSSR count). The average molecular weight is 266 g/mol. The van der Waals surface area contributed by atoms with Crippen LogP contribution in [0, 0.1) is 10.1 Å². The van der Waals surface area contributed by atoms with E-state index in [1.807, 2.05) is 13.8 Å². The van der Waals surface area contributed by atoms with Gasteiger partial charge in [-0.1, -0.05) is 0 Å². The molecule has 0 aromatic carbocycles. The second-order valence-corrected chi connectivity index (χ2v) is 4.84. The van der Waals surface area contributed by atoms with E-state index < -0.39 is 4.92 Å². The summed E-state index contributed by atoms with van der Waals surface area (Å²) < 4.78 is 5.33. The number of aromatic nitrogens is 1. The van der Waals surface area contributed by atoms with Gasteiger partial charge in [0.1, 0.15) is 5.82 Å². The molecule has 1 aromatic rings. The molecule has 0 amide bonds. The molecule has 1 unspecified atom stereocenters. The monoisotopic (exact) mass is 266 g/mol. The van der Waals surface area contributed by atoms with Crippen molar-refractivity contribution >= 4 is 17.3 Å². The van der Waals surface area contributed by atoms with Crippen LogP contribution in [-0.4, -0.2) is 35.2 Å². The summed E-state index contributed by atoms with van der Waals surface area (Å²) in [5.41, 5.74) is -0.322. The highest BCUT2D eigenvalue weighted by atomic mass is 16.6. The Morgan fingerprint density at radius 3 is 2.95 bits per heavy atom. The summed E-state index contributed by atoms with van der Waals surface area (Å²) in [6.07, 6.45) is 0.803. The Bertz CT molecular complexity index is 472. The summed E-state index contributed by atoms with van der Waals surface area (Å²) in [7, 11) is 0. The number of hydrogen-bond donors (Lipinski definition) is 2. The van der Waals surface area contributed by atoms with Crippen molar-refractivity contribution < 1.29 is 9.66 Å². The predicted molar refractivity (Wildman–Crippen MR) is 72.5 cm³/mol. The molecule has 19 heavy (non-hydrogen) atoms. The third kappa shape index (κ3) is 3.11. The van der Waals surface area contributed by atoms with Crippen LogP contribution in [0.3, 0.4) is 0 Å². The maximum Gasteiger partial charge on any atom is 0.311 e.